The van der Waals surface area contributed by atoms with E-state index < -0.39 is 0 Å². The van der Waals surface area contributed by atoms with Crippen LogP contribution < -0.4 is 5.32 Å². The summed E-state index contributed by atoms with van der Waals surface area (Å²) in [5, 5.41) is 5.37. The number of H-pyrrole nitrogens is 1. The number of fused-ring (bicyclic) bond motifs is 2. The minimum absolute atomic E-state index is 0.0157. The van der Waals surface area contributed by atoms with Crippen LogP contribution in [0, 0.1) is 12.8 Å². The zero-order valence-corrected chi connectivity index (χ0v) is 18.2. The summed E-state index contributed by atoms with van der Waals surface area (Å²) in [6.45, 7) is 5.21. The molecule has 4 aromatic rings. The standard InChI is InChI=1S/C25H27N5O2/c1-17-27-23-5-4-22(12-24(23)28-17)29-25(31)15-30-8-9-32-16-19(14-30)10-18-2-3-20-6-7-26-13-21(20)11-18/h2-7,11-13,19H,8-10,14-16H2,1H3,(H,27,28)(H,29,31)/t19-/m1/s1. The van der Waals surface area contributed by atoms with Gasteiger partial charge in [0.25, 0.3) is 0 Å². The average molecular weight is 430 g/mol. The van der Waals surface area contributed by atoms with Crippen LogP contribution in [0.4, 0.5) is 5.69 Å². The van der Waals surface area contributed by atoms with Crippen LogP contribution >= 0.6 is 0 Å². The van der Waals surface area contributed by atoms with Crippen LogP contribution in [0.15, 0.2) is 54.9 Å². The predicted octanol–water partition coefficient (Wildman–Crippen LogP) is 3.55. The van der Waals surface area contributed by atoms with Crippen LogP contribution in [0.2, 0.25) is 0 Å². The smallest absolute Gasteiger partial charge is 0.238 e. The molecule has 1 amide bonds. The Morgan fingerprint density at radius 1 is 1.22 bits per heavy atom. The molecule has 1 saturated heterocycles. The van der Waals surface area contributed by atoms with Crippen molar-refractivity contribution in [3.8, 4) is 0 Å². The lowest BCUT2D eigenvalue weighted by molar-refractivity contribution is -0.117. The molecule has 0 aliphatic carbocycles. The van der Waals surface area contributed by atoms with Crippen molar-refractivity contribution in [2.75, 3.05) is 38.2 Å². The van der Waals surface area contributed by atoms with Gasteiger partial charge >= 0.3 is 0 Å². The van der Waals surface area contributed by atoms with E-state index in [9.17, 15) is 4.79 Å². The summed E-state index contributed by atoms with van der Waals surface area (Å²) in [7, 11) is 0. The summed E-state index contributed by atoms with van der Waals surface area (Å²) in [6.07, 6.45) is 4.64. The van der Waals surface area contributed by atoms with Gasteiger partial charge in [-0.3, -0.25) is 14.7 Å². The van der Waals surface area contributed by atoms with Gasteiger partial charge in [-0.15, -0.1) is 0 Å². The number of anilines is 1. The summed E-state index contributed by atoms with van der Waals surface area (Å²) in [4.78, 5) is 26.7. The van der Waals surface area contributed by atoms with Crippen LogP contribution in [0.1, 0.15) is 11.4 Å². The maximum atomic E-state index is 12.7. The van der Waals surface area contributed by atoms with Crippen molar-refractivity contribution >= 4 is 33.4 Å². The molecule has 1 atom stereocenters. The Hall–Kier alpha value is -3.29. The van der Waals surface area contributed by atoms with Crippen molar-refractivity contribution in [2.45, 2.75) is 13.3 Å². The third-order valence-corrected chi connectivity index (χ3v) is 5.90. The number of benzene rings is 2. The average Bonchev–Trinajstić information content (AvgIpc) is 3.01. The van der Waals surface area contributed by atoms with E-state index in [-0.39, 0.29) is 5.91 Å². The minimum Gasteiger partial charge on any atom is -0.380 e. The molecule has 1 fully saturated rings. The van der Waals surface area contributed by atoms with Gasteiger partial charge in [-0.1, -0.05) is 12.1 Å². The van der Waals surface area contributed by atoms with Crippen LogP contribution in [-0.2, 0) is 16.0 Å². The number of hydrogen-bond acceptors (Lipinski definition) is 5. The number of amides is 1. The van der Waals surface area contributed by atoms with E-state index >= 15 is 0 Å². The molecule has 0 unspecified atom stereocenters. The first-order valence-corrected chi connectivity index (χ1v) is 11.0. The van der Waals surface area contributed by atoms with Gasteiger partial charge in [0.15, 0.2) is 0 Å². The first kappa shape index (κ1) is 20.6. The highest BCUT2D eigenvalue weighted by atomic mass is 16.5. The molecule has 0 spiro atoms. The summed E-state index contributed by atoms with van der Waals surface area (Å²) in [5.74, 6) is 1.18. The SMILES string of the molecule is Cc1nc2ccc(NC(=O)CN3CCOC[C@H](Cc4ccc5ccncc5c4)C3)cc2[nH]1. The fourth-order valence-electron chi connectivity index (χ4n) is 4.43. The summed E-state index contributed by atoms with van der Waals surface area (Å²) >= 11 is 0. The van der Waals surface area contributed by atoms with E-state index in [1.54, 1.807) is 0 Å². The fourth-order valence-corrected chi connectivity index (χ4v) is 4.43. The number of rotatable bonds is 5. The number of nitrogens with one attached hydrogen (secondary N) is 2. The maximum absolute atomic E-state index is 12.7. The van der Waals surface area contributed by atoms with Gasteiger partial charge in [-0.05, 0) is 60.5 Å². The van der Waals surface area contributed by atoms with E-state index in [4.69, 9.17) is 4.74 Å². The number of aromatic amines is 1. The highest BCUT2D eigenvalue weighted by molar-refractivity contribution is 5.94. The molecule has 0 radical (unpaired) electrons. The van der Waals surface area contributed by atoms with Gasteiger partial charge < -0.3 is 15.0 Å². The molecule has 7 nitrogen and oxygen atoms in total. The number of pyridine rings is 1. The summed E-state index contributed by atoms with van der Waals surface area (Å²) in [5.41, 5.74) is 3.87. The van der Waals surface area contributed by atoms with Crippen molar-refractivity contribution in [2.24, 2.45) is 5.92 Å². The van der Waals surface area contributed by atoms with Crippen molar-refractivity contribution in [1.29, 1.82) is 0 Å². The second kappa shape index (κ2) is 9.06. The Bertz CT molecular complexity index is 1250. The van der Waals surface area contributed by atoms with Gasteiger partial charge in [-0.2, -0.15) is 0 Å². The first-order valence-electron chi connectivity index (χ1n) is 11.0. The number of aromatic nitrogens is 3. The van der Waals surface area contributed by atoms with Crippen LogP contribution in [0.5, 0.6) is 0 Å². The Kier molecular flexibility index (Phi) is 5.83. The zero-order valence-electron chi connectivity index (χ0n) is 18.2. The normalized spacial score (nSPS) is 17.5. The minimum atomic E-state index is -0.0157. The quantitative estimate of drug-likeness (QED) is 0.507. The molecule has 0 bridgehead atoms. The molecular weight excluding hydrogens is 402 g/mol. The topological polar surface area (TPSA) is 83.1 Å². The van der Waals surface area contributed by atoms with E-state index in [1.807, 2.05) is 43.6 Å². The lowest BCUT2D eigenvalue weighted by Gasteiger charge is -2.23. The first-order chi connectivity index (χ1) is 15.6. The van der Waals surface area contributed by atoms with E-state index in [0.717, 1.165) is 47.4 Å². The molecule has 0 saturated carbocycles. The van der Waals surface area contributed by atoms with Crippen molar-refractivity contribution < 1.29 is 9.53 Å². The van der Waals surface area contributed by atoms with Crippen LogP contribution in [0.25, 0.3) is 21.8 Å². The summed E-state index contributed by atoms with van der Waals surface area (Å²) in [6, 6.07) is 14.3. The second-order valence-electron chi connectivity index (χ2n) is 8.54. The number of carbonyl (C=O) groups is 1. The monoisotopic (exact) mass is 429 g/mol. The van der Waals surface area contributed by atoms with Gasteiger partial charge in [0.1, 0.15) is 5.82 Å². The lowest BCUT2D eigenvalue weighted by atomic mass is 9.98. The number of carbonyl (C=O) groups excluding carboxylic acids is 1. The van der Waals surface area contributed by atoms with Crippen LogP contribution in [-0.4, -0.2) is 58.6 Å². The zero-order chi connectivity index (χ0) is 21.9. The molecule has 5 rings (SSSR count). The van der Waals surface area contributed by atoms with Gasteiger partial charge in [0.05, 0.1) is 30.8 Å². The highest BCUT2D eigenvalue weighted by Gasteiger charge is 2.21. The third-order valence-electron chi connectivity index (χ3n) is 5.90. The molecular formula is C25H27N5O2. The Morgan fingerprint density at radius 2 is 2.16 bits per heavy atom. The summed E-state index contributed by atoms with van der Waals surface area (Å²) < 4.78 is 5.85. The molecule has 1 aliphatic heterocycles. The van der Waals surface area contributed by atoms with Crippen molar-refractivity contribution in [1.82, 2.24) is 19.9 Å². The third kappa shape index (κ3) is 4.79. The molecule has 1 aliphatic rings. The lowest BCUT2D eigenvalue weighted by Crippen LogP contribution is -2.37. The van der Waals surface area contributed by atoms with Gasteiger partial charge in [0, 0.05) is 36.6 Å². The van der Waals surface area contributed by atoms with Crippen molar-refractivity contribution in [3.63, 3.8) is 0 Å². The molecule has 2 N–H and O–H groups in total. The molecule has 32 heavy (non-hydrogen) atoms. The number of hydrogen-bond donors (Lipinski definition) is 2. The molecule has 2 aromatic heterocycles. The highest BCUT2D eigenvalue weighted by Crippen LogP contribution is 2.20. The van der Waals surface area contributed by atoms with E-state index in [0.29, 0.717) is 25.7 Å². The number of aryl methyl sites for hydroxylation is 1. The predicted molar refractivity (Wildman–Crippen MR) is 126 cm³/mol. The Balaban J connectivity index is 1.21. The maximum Gasteiger partial charge on any atom is 0.238 e. The van der Waals surface area contributed by atoms with Gasteiger partial charge in [0.2, 0.25) is 5.91 Å². The molecule has 164 valence electrons. The fraction of sp³-hybridized carbons (Fsp3) is 0.320. The van der Waals surface area contributed by atoms with E-state index in [2.05, 4.69) is 43.4 Å². The number of imidazole rings is 1. The Labute approximate surface area is 186 Å². The van der Waals surface area contributed by atoms with E-state index in [1.165, 1.54) is 10.9 Å². The molecule has 2 aromatic carbocycles. The van der Waals surface area contributed by atoms with Crippen LogP contribution in [0.3, 0.4) is 0 Å². The van der Waals surface area contributed by atoms with Gasteiger partial charge in [-0.25, -0.2) is 4.98 Å². The molecule has 7 heteroatoms. The second-order valence-corrected chi connectivity index (χ2v) is 8.54. The number of ether oxygens (including phenoxy) is 1. The Morgan fingerprint density at radius 3 is 3.09 bits per heavy atom. The largest absolute Gasteiger partial charge is 0.380 e. The molecule has 3 heterocycles. The number of nitrogens with zero attached hydrogens (tertiary/aromatic N) is 3. The van der Waals surface area contributed by atoms with Crippen molar-refractivity contribution in [3.05, 3.63) is 66.2 Å².